The van der Waals surface area contributed by atoms with Crippen LogP contribution in [-0.2, 0) is 10.0 Å². The second-order valence-electron chi connectivity index (χ2n) is 3.71. The molecule has 1 aromatic heterocycles. The SMILES string of the molecule is O=C(O)c1nccnc1NS(=O)(=O)c1c(Cl)cccc1Cl. The van der Waals surface area contributed by atoms with Crippen LogP contribution in [0.4, 0.5) is 5.82 Å². The van der Waals surface area contributed by atoms with E-state index in [4.69, 9.17) is 28.3 Å². The highest BCUT2D eigenvalue weighted by Gasteiger charge is 2.25. The molecule has 0 aliphatic rings. The number of halogens is 2. The summed E-state index contributed by atoms with van der Waals surface area (Å²) in [5.74, 6) is -1.85. The molecular formula is C11H7Cl2N3O4S. The quantitative estimate of drug-likeness (QED) is 0.877. The van der Waals surface area contributed by atoms with Crippen molar-refractivity contribution in [2.45, 2.75) is 4.90 Å². The highest BCUT2D eigenvalue weighted by Crippen LogP contribution is 2.30. The third kappa shape index (κ3) is 3.23. The number of carbonyl (C=O) groups is 1. The molecule has 0 saturated heterocycles. The highest BCUT2D eigenvalue weighted by atomic mass is 35.5. The third-order valence-corrected chi connectivity index (χ3v) is 4.61. The van der Waals surface area contributed by atoms with Crippen LogP contribution in [0.3, 0.4) is 0 Å². The van der Waals surface area contributed by atoms with Crippen molar-refractivity contribution >= 4 is 45.0 Å². The first-order valence-electron chi connectivity index (χ1n) is 5.34. The number of carboxylic acids is 1. The van der Waals surface area contributed by atoms with Crippen LogP contribution in [-0.4, -0.2) is 29.5 Å². The van der Waals surface area contributed by atoms with Crippen molar-refractivity contribution in [2.24, 2.45) is 0 Å². The summed E-state index contributed by atoms with van der Waals surface area (Å²) < 4.78 is 26.6. The molecular weight excluding hydrogens is 341 g/mol. The smallest absolute Gasteiger partial charge is 0.358 e. The molecule has 7 nitrogen and oxygen atoms in total. The van der Waals surface area contributed by atoms with Gasteiger partial charge in [0.05, 0.1) is 10.0 Å². The minimum atomic E-state index is -4.21. The van der Waals surface area contributed by atoms with Crippen LogP contribution in [0.15, 0.2) is 35.5 Å². The fourth-order valence-electron chi connectivity index (χ4n) is 1.49. The second-order valence-corrected chi connectivity index (χ2v) is 6.15. The van der Waals surface area contributed by atoms with Crippen molar-refractivity contribution in [1.29, 1.82) is 0 Å². The molecule has 0 amide bonds. The van der Waals surface area contributed by atoms with Gasteiger partial charge in [0.2, 0.25) is 0 Å². The van der Waals surface area contributed by atoms with E-state index >= 15 is 0 Å². The number of aromatic nitrogens is 2. The van der Waals surface area contributed by atoms with Gasteiger partial charge in [0, 0.05) is 12.4 Å². The Balaban J connectivity index is 2.51. The molecule has 0 saturated carbocycles. The Labute approximate surface area is 129 Å². The molecule has 0 aliphatic carbocycles. The first kappa shape index (κ1) is 15.5. The molecule has 0 bridgehead atoms. The zero-order valence-corrected chi connectivity index (χ0v) is 12.4. The first-order chi connectivity index (χ1) is 9.83. The Bertz CT molecular complexity index is 791. The topological polar surface area (TPSA) is 109 Å². The van der Waals surface area contributed by atoms with E-state index in [9.17, 15) is 13.2 Å². The zero-order chi connectivity index (χ0) is 15.6. The first-order valence-corrected chi connectivity index (χ1v) is 7.58. The maximum absolute atomic E-state index is 12.3. The number of sulfonamides is 1. The largest absolute Gasteiger partial charge is 0.476 e. The van der Waals surface area contributed by atoms with Gasteiger partial charge in [-0.2, -0.15) is 0 Å². The normalized spacial score (nSPS) is 11.1. The summed E-state index contributed by atoms with van der Waals surface area (Å²) in [5.41, 5.74) is -0.538. The van der Waals surface area contributed by atoms with E-state index in [-0.39, 0.29) is 14.9 Å². The van der Waals surface area contributed by atoms with Gasteiger partial charge < -0.3 is 5.11 Å². The molecule has 0 aliphatic heterocycles. The van der Waals surface area contributed by atoms with Gasteiger partial charge in [0.25, 0.3) is 10.0 Å². The Hall–Kier alpha value is -1.90. The lowest BCUT2D eigenvalue weighted by Crippen LogP contribution is -2.18. The molecule has 2 N–H and O–H groups in total. The van der Waals surface area contributed by atoms with Gasteiger partial charge >= 0.3 is 5.97 Å². The second kappa shape index (κ2) is 5.84. The summed E-state index contributed by atoms with van der Waals surface area (Å²) in [5, 5.41) is 8.75. The van der Waals surface area contributed by atoms with Crippen molar-refractivity contribution < 1.29 is 18.3 Å². The van der Waals surface area contributed by atoms with Crippen molar-refractivity contribution in [3.8, 4) is 0 Å². The monoisotopic (exact) mass is 347 g/mol. The predicted octanol–water partition coefficient (Wildman–Crippen LogP) is 2.28. The summed E-state index contributed by atoms with van der Waals surface area (Å²) in [4.78, 5) is 17.8. The molecule has 2 rings (SSSR count). The van der Waals surface area contributed by atoms with Gasteiger partial charge in [-0.3, -0.25) is 4.72 Å². The minimum absolute atomic E-state index is 0.101. The maximum Gasteiger partial charge on any atom is 0.358 e. The number of benzene rings is 1. The molecule has 2 aromatic rings. The van der Waals surface area contributed by atoms with E-state index in [0.29, 0.717) is 0 Å². The van der Waals surface area contributed by atoms with Gasteiger partial charge in [-0.05, 0) is 12.1 Å². The zero-order valence-electron chi connectivity index (χ0n) is 10.1. The molecule has 0 spiro atoms. The number of aromatic carboxylic acids is 1. The number of carboxylic acid groups (broad SMARTS) is 1. The van der Waals surface area contributed by atoms with Crippen molar-refractivity contribution in [1.82, 2.24) is 9.97 Å². The highest BCUT2D eigenvalue weighted by molar-refractivity contribution is 7.93. The molecule has 1 heterocycles. The van der Waals surface area contributed by atoms with Crippen LogP contribution in [0.5, 0.6) is 0 Å². The van der Waals surface area contributed by atoms with Crippen LogP contribution >= 0.6 is 23.2 Å². The van der Waals surface area contributed by atoms with Crippen LogP contribution < -0.4 is 4.72 Å². The van der Waals surface area contributed by atoms with Crippen molar-refractivity contribution in [2.75, 3.05) is 4.72 Å². The third-order valence-electron chi connectivity index (χ3n) is 2.32. The van der Waals surface area contributed by atoms with E-state index in [1.807, 2.05) is 4.72 Å². The van der Waals surface area contributed by atoms with Crippen LogP contribution in [0, 0.1) is 0 Å². The number of rotatable bonds is 4. The summed E-state index contributed by atoms with van der Waals surface area (Å²) in [6.45, 7) is 0. The van der Waals surface area contributed by atoms with Crippen LogP contribution in [0.1, 0.15) is 10.5 Å². The van der Waals surface area contributed by atoms with E-state index < -0.39 is 27.5 Å². The van der Waals surface area contributed by atoms with Crippen LogP contribution in [0.25, 0.3) is 0 Å². The lowest BCUT2D eigenvalue weighted by Gasteiger charge is -2.11. The Kier molecular flexibility index (Phi) is 4.31. The number of anilines is 1. The number of nitrogens with zero attached hydrogens (tertiary/aromatic N) is 2. The molecule has 0 atom stereocenters. The molecule has 21 heavy (non-hydrogen) atoms. The minimum Gasteiger partial charge on any atom is -0.476 e. The van der Waals surface area contributed by atoms with Crippen molar-refractivity contribution in [3.63, 3.8) is 0 Å². The van der Waals surface area contributed by atoms with E-state index in [1.165, 1.54) is 18.2 Å². The summed E-state index contributed by atoms with van der Waals surface area (Å²) in [6.07, 6.45) is 2.28. The van der Waals surface area contributed by atoms with Crippen molar-refractivity contribution in [3.05, 3.63) is 46.3 Å². The number of nitrogens with one attached hydrogen (secondary N) is 1. The van der Waals surface area contributed by atoms with Gasteiger partial charge in [0.1, 0.15) is 4.90 Å². The average molecular weight is 348 g/mol. The lowest BCUT2D eigenvalue weighted by molar-refractivity contribution is 0.0691. The summed E-state index contributed by atoms with van der Waals surface area (Å²) in [7, 11) is -4.21. The Morgan fingerprint density at radius 1 is 1.14 bits per heavy atom. The fraction of sp³-hybridized carbons (Fsp3) is 0. The standard InChI is InChI=1S/C11H7Cl2N3O4S/c12-6-2-1-3-7(13)9(6)21(19,20)16-10-8(11(17)18)14-4-5-15-10/h1-5H,(H,15,16)(H,17,18). The van der Waals surface area contributed by atoms with Gasteiger partial charge in [-0.1, -0.05) is 29.3 Å². The van der Waals surface area contributed by atoms with Gasteiger partial charge in [0.15, 0.2) is 11.5 Å². The molecule has 110 valence electrons. The molecule has 1 aromatic carbocycles. The van der Waals surface area contributed by atoms with Crippen LogP contribution in [0.2, 0.25) is 10.0 Å². The fourth-order valence-corrected chi connectivity index (χ4v) is 3.65. The molecule has 10 heteroatoms. The van der Waals surface area contributed by atoms with E-state index in [1.54, 1.807) is 0 Å². The lowest BCUT2D eigenvalue weighted by atomic mass is 10.4. The Morgan fingerprint density at radius 2 is 1.71 bits per heavy atom. The Morgan fingerprint density at radius 3 is 2.29 bits per heavy atom. The summed E-state index contributed by atoms with van der Waals surface area (Å²) >= 11 is 11.7. The van der Waals surface area contributed by atoms with E-state index in [0.717, 1.165) is 12.4 Å². The van der Waals surface area contributed by atoms with Gasteiger partial charge in [-0.15, -0.1) is 0 Å². The maximum atomic E-state index is 12.3. The number of hydrogen-bond acceptors (Lipinski definition) is 5. The molecule has 0 radical (unpaired) electrons. The molecule has 0 fully saturated rings. The van der Waals surface area contributed by atoms with E-state index in [2.05, 4.69) is 9.97 Å². The average Bonchev–Trinajstić information content (AvgIpc) is 2.37. The molecule has 0 unspecified atom stereocenters. The number of hydrogen-bond donors (Lipinski definition) is 2. The predicted molar refractivity (Wildman–Crippen MR) is 76.3 cm³/mol. The van der Waals surface area contributed by atoms with Gasteiger partial charge in [-0.25, -0.2) is 23.2 Å². The summed E-state index contributed by atoms with van der Waals surface area (Å²) in [6, 6.07) is 4.17.